The molecule has 0 spiro atoms. The number of nitrogens with zero attached hydrogens (tertiary/aromatic N) is 4. The summed E-state index contributed by atoms with van der Waals surface area (Å²) >= 11 is 1.35. The van der Waals surface area contributed by atoms with Gasteiger partial charge in [0.1, 0.15) is 0 Å². The van der Waals surface area contributed by atoms with E-state index >= 15 is 0 Å². The van der Waals surface area contributed by atoms with Crippen LogP contribution in [-0.4, -0.2) is 35.0 Å². The van der Waals surface area contributed by atoms with Gasteiger partial charge in [-0.3, -0.25) is 4.40 Å². The minimum Gasteiger partial charge on any atom is -0.371 e. The first-order valence-corrected chi connectivity index (χ1v) is 7.86. The summed E-state index contributed by atoms with van der Waals surface area (Å²) in [4.78, 5) is 8.55. The molecule has 0 unspecified atom stereocenters. The highest BCUT2D eigenvalue weighted by molar-refractivity contribution is 7.89. The summed E-state index contributed by atoms with van der Waals surface area (Å²) in [6.07, 6.45) is 2.79. The fraction of sp³-hybridized carbons (Fsp3) is 0.222. The standard InChI is InChI=1S/C9H10N6O3S2/c1-10-7-8(15-2-3-19-9(15)13-7)20(16,17)12-4-6-11-5-18-14-6/h2-3,5,10,12H,4H2,1H3. The zero-order valence-corrected chi connectivity index (χ0v) is 11.9. The Balaban J connectivity index is 1.97. The van der Waals surface area contributed by atoms with E-state index in [0.29, 0.717) is 4.96 Å². The Hall–Kier alpha value is -1.98. The maximum absolute atomic E-state index is 12.4. The molecule has 0 aliphatic rings. The van der Waals surface area contributed by atoms with Crippen molar-refractivity contribution in [1.29, 1.82) is 0 Å². The molecule has 2 N–H and O–H groups in total. The molecule has 0 aromatic carbocycles. The van der Waals surface area contributed by atoms with Gasteiger partial charge >= 0.3 is 0 Å². The van der Waals surface area contributed by atoms with E-state index in [0.717, 1.165) is 6.39 Å². The number of hydrogen-bond donors (Lipinski definition) is 2. The van der Waals surface area contributed by atoms with Gasteiger partial charge in [0.2, 0.25) is 6.39 Å². The summed E-state index contributed by atoms with van der Waals surface area (Å²) in [5, 5.41) is 8.14. The molecule has 3 rings (SSSR count). The van der Waals surface area contributed by atoms with Gasteiger partial charge in [-0.25, -0.2) is 18.1 Å². The lowest BCUT2D eigenvalue weighted by molar-refractivity contribution is 0.409. The topological polar surface area (TPSA) is 114 Å². The van der Waals surface area contributed by atoms with Crippen LogP contribution in [0.4, 0.5) is 5.82 Å². The number of imidazole rings is 1. The quantitative estimate of drug-likeness (QED) is 0.696. The summed E-state index contributed by atoms with van der Waals surface area (Å²) in [6, 6.07) is 0. The molecular formula is C9H10N6O3S2. The second-order valence-electron chi connectivity index (χ2n) is 3.74. The number of aromatic nitrogens is 4. The minimum absolute atomic E-state index is 0.0553. The zero-order valence-electron chi connectivity index (χ0n) is 10.3. The average molecular weight is 314 g/mol. The number of fused-ring (bicyclic) bond motifs is 1. The van der Waals surface area contributed by atoms with Crippen LogP contribution in [0, 0.1) is 0 Å². The molecule has 106 valence electrons. The number of sulfonamides is 1. The highest BCUT2D eigenvalue weighted by Gasteiger charge is 2.25. The molecular weight excluding hydrogens is 304 g/mol. The van der Waals surface area contributed by atoms with E-state index in [1.165, 1.54) is 15.7 Å². The van der Waals surface area contributed by atoms with Crippen molar-refractivity contribution < 1.29 is 12.9 Å². The van der Waals surface area contributed by atoms with Gasteiger partial charge in [0, 0.05) is 18.6 Å². The zero-order chi connectivity index (χ0) is 14.2. The first-order chi connectivity index (χ1) is 9.62. The number of nitrogens with one attached hydrogen (secondary N) is 2. The largest absolute Gasteiger partial charge is 0.371 e. The van der Waals surface area contributed by atoms with Crippen molar-refractivity contribution in [3.8, 4) is 0 Å². The maximum atomic E-state index is 12.4. The third-order valence-corrected chi connectivity index (χ3v) is 4.72. The van der Waals surface area contributed by atoms with Gasteiger partial charge in [0.05, 0.1) is 6.54 Å². The Labute approximate surface area is 117 Å². The smallest absolute Gasteiger partial charge is 0.260 e. The van der Waals surface area contributed by atoms with E-state index in [2.05, 4.69) is 29.7 Å². The van der Waals surface area contributed by atoms with Crippen LogP contribution >= 0.6 is 11.3 Å². The predicted octanol–water partition coefficient (Wildman–Crippen LogP) is 0.299. The minimum atomic E-state index is -3.76. The number of anilines is 1. The average Bonchev–Trinajstić information content (AvgIpc) is 3.11. The van der Waals surface area contributed by atoms with Crippen LogP contribution in [0.15, 0.2) is 27.5 Å². The summed E-state index contributed by atoms with van der Waals surface area (Å²) in [7, 11) is -2.14. The predicted molar refractivity (Wildman–Crippen MR) is 70.9 cm³/mol. The molecule has 0 bridgehead atoms. The lowest BCUT2D eigenvalue weighted by Crippen LogP contribution is -2.25. The van der Waals surface area contributed by atoms with Gasteiger partial charge in [-0.05, 0) is 0 Å². The van der Waals surface area contributed by atoms with E-state index in [4.69, 9.17) is 0 Å². The van der Waals surface area contributed by atoms with Crippen molar-refractivity contribution >= 4 is 32.1 Å². The molecule has 0 aliphatic carbocycles. The van der Waals surface area contributed by atoms with Gasteiger partial charge in [-0.2, -0.15) is 4.98 Å². The molecule has 0 aliphatic heterocycles. The normalized spacial score (nSPS) is 12.1. The molecule has 3 heterocycles. The Morgan fingerprint density at radius 2 is 2.35 bits per heavy atom. The number of hydrogen-bond acceptors (Lipinski definition) is 8. The molecule has 3 aromatic heterocycles. The molecule has 0 radical (unpaired) electrons. The van der Waals surface area contributed by atoms with Crippen LogP contribution in [0.5, 0.6) is 0 Å². The monoisotopic (exact) mass is 314 g/mol. The third-order valence-electron chi connectivity index (χ3n) is 2.54. The van der Waals surface area contributed by atoms with Gasteiger partial charge < -0.3 is 9.84 Å². The van der Waals surface area contributed by atoms with Gasteiger partial charge in [-0.1, -0.05) is 5.16 Å². The Morgan fingerprint density at radius 3 is 3.05 bits per heavy atom. The third kappa shape index (κ3) is 2.15. The molecule has 9 nitrogen and oxygen atoms in total. The number of rotatable bonds is 5. The van der Waals surface area contributed by atoms with E-state index in [1.807, 2.05) is 0 Å². The second kappa shape index (κ2) is 4.85. The number of thiazole rings is 1. The van der Waals surface area contributed by atoms with Crippen molar-refractivity contribution in [3.63, 3.8) is 0 Å². The molecule has 0 fully saturated rings. The van der Waals surface area contributed by atoms with Crippen LogP contribution in [0.25, 0.3) is 4.96 Å². The van der Waals surface area contributed by atoms with Gasteiger partial charge in [0.25, 0.3) is 10.0 Å². The van der Waals surface area contributed by atoms with Crippen molar-refractivity contribution in [3.05, 3.63) is 23.8 Å². The van der Waals surface area contributed by atoms with Crippen LogP contribution in [0.2, 0.25) is 0 Å². The summed E-state index contributed by atoms with van der Waals surface area (Å²) < 4.78 is 33.2. The van der Waals surface area contributed by atoms with Crippen LogP contribution < -0.4 is 10.0 Å². The van der Waals surface area contributed by atoms with E-state index in [9.17, 15) is 8.42 Å². The first kappa shape index (κ1) is 13.0. The molecule has 3 aromatic rings. The maximum Gasteiger partial charge on any atom is 0.260 e. The van der Waals surface area contributed by atoms with Crippen molar-refractivity contribution in [2.24, 2.45) is 0 Å². The summed E-state index contributed by atoms with van der Waals surface area (Å²) in [6.45, 7) is -0.0562. The second-order valence-corrected chi connectivity index (χ2v) is 6.30. The highest BCUT2D eigenvalue weighted by atomic mass is 32.2. The van der Waals surface area contributed by atoms with Gasteiger partial charge in [0.15, 0.2) is 21.6 Å². The van der Waals surface area contributed by atoms with Crippen molar-refractivity contribution in [2.75, 3.05) is 12.4 Å². The Bertz CT molecular complexity index is 819. The fourth-order valence-electron chi connectivity index (χ4n) is 1.68. The van der Waals surface area contributed by atoms with Crippen LogP contribution in [0.3, 0.4) is 0 Å². The molecule has 20 heavy (non-hydrogen) atoms. The fourth-order valence-corrected chi connectivity index (χ4v) is 3.72. The first-order valence-electron chi connectivity index (χ1n) is 5.50. The molecule has 11 heteroatoms. The van der Waals surface area contributed by atoms with Crippen LogP contribution in [-0.2, 0) is 16.6 Å². The van der Waals surface area contributed by atoms with E-state index < -0.39 is 10.0 Å². The molecule has 0 atom stereocenters. The van der Waals surface area contributed by atoms with Crippen LogP contribution in [0.1, 0.15) is 5.82 Å². The lowest BCUT2D eigenvalue weighted by Gasteiger charge is -2.05. The summed E-state index contributed by atoms with van der Waals surface area (Å²) in [5.41, 5.74) is 0. The Kier molecular flexibility index (Phi) is 3.16. The van der Waals surface area contributed by atoms with Gasteiger partial charge in [-0.15, -0.1) is 11.3 Å². The summed E-state index contributed by atoms with van der Waals surface area (Å²) in [5.74, 6) is 0.545. The SMILES string of the molecule is CNc1nc2sccn2c1S(=O)(=O)NCc1ncon1. The molecule has 0 saturated carbocycles. The Morgan fingerprint density at radius 1 is 1.50 bits per heavy atom. The van der Waals surface area contributed by atoms with E-state index in [1.54, 1.807) is 18.6 Å². The van der Waals surface area contributed by atoms with E-state index in [-0.39, 0.29) is 23.2 Å². The van der Waals surface area contributed by atoms with Crippen molar-refractivity contribution in [2.45, 2.75) is 11.6 Å². The highest BCUT2D eigenvalue weighted by Crippen LogP contribution is 2.25. The lowest BCUT2D eigenvalue weighted by atomic mass is 10.6. The van der Waals surface area contributed by atoms with Crippen molar-refractivity contribution in [1.82, 2.24) is 24.2 Å². The molecule has 0 amide bonds. The molecule has 0 saturated heterocycles.